The Morgan fingerprint density at radius 1 is 1.33 bits per heavy atom. The van der Waals surface area contributed by atoms with Gasteiger partial charge in [0.1, 0.15) is 12.3 Å². The maximum atomic E-state index is 13.5. The number of ether oxygens (including phenoxy) is 1. The van der Waals surface area contributed by atoms with Crippen molar-refractivity contribution in [2.75, 3.05) is 18.3 Å². The zero-order valence-electron chi connectivity index (χ0n) is 22.9. The van der Waals surface area contributed by atoms with Crippen LogP contribution in [0.15, 0.2) is 45.0 Å². The molecule has 18 heteroatoms. The molecule has 4 rings (SSSR count). The Balaban J connectivity index is 1.46. The van der Waals surface area contributed by atoms with E-state index in [1.165, 1.54) is 46.6 Å². The molecule has 2 heterocycles. The second kappa shape index (κ2) is 13.6. The van der Waals surface area contributed by atoms with Crippen LogP contribution in [0.3, 0.4) is 0 Å². The van der Waals surface area contributed by atoms with Crippen molar-refractivity contribution in [3.8, 4) is 0 Å². The number of hydrogen-bond donors (Lipinski definition) is 3. The van der Waals surface area contributed by atoms with Gasteiger partial charge in [-0.05, 0) is 43.0 Å². The first-order valence-corrected chi connectivity index (χ1v) is 15.7. The van der Waals surface area contributed by atoms with Crippen LogP contribution in [0.2, 0.25) is 0 Å². The number of anilines is 1. The average molecular weight is 689 g/mol. The third-order valence-corrected chi connectivity index (χ3v) is 8.24. The summed E-state index contributed by atoms with van der Waals surface area (Å²) >= 11 is 3.05. The predicted octanol–water partition coefficient (Wildman–Crippen LogP) is 2.89. The summed E-state index contributed by atoms with van der Waals surface area (Å²) in [5.41, 5.74) is -2.66. The van der Waals surface area contributed by atoms with Gasteiger partial charge in [-0.2, -0.15) is 0 Å². The fraction of sp³-hybridized carbons (Fsp3) is 0.480. The number of hydrogen-bond acceptors (Lipinski definition) is 12. The molecule has 1 saturated heterocycles. The van der Waals surface area contributed by atoms with Gasteiger partial charge in [-0.1, -0.05) is 28.8 Å². The van der Waals surface area contributed by atoms with Crippen LogP contribution in [0.1, 0.15) is 50.8 Å². The largest absolute Gasteiger partial charge is 0.529 e. The second-order valence-corrected chi connectivity index (χ2v) is 11.7. The molecule has 43 heavy (non-hydrogen) atoms. The highest BCUT2D eigenvalue weighted by Crippen LogP contribution is 2.49. The summed E-state index contributed by atoms with van der Waals surface area (Å²) in [5.74, 6) is -1.10. The van der Waals surface area contributed by atoms with E-state index >= 15 is 0 Å². The topological polar surface area (TPSA) is 213 Å². The van der Waals surface area contributed by atoms with Gasteiger partial charge in [-0.15, -0.1) is 0 Å². The Morgan fingerprint density at radius 2 is 2.00 bits per heavy atom. The monoisotopic (exact) mass is 688 g/mol. The number of aromatic nitrogens is 2. The van der Waals surface area contributed by atoms with Crippen molar-refractivity contribution in [1.29, 1.82) is 0 Å². The molecule has 16 nitrogen and oxygen atoms in total. The molecule has 0 spiro atoms. The molecule has 4 atom stereocenters. The number of nitrogens with zero attached hydrogens (tertiary/aromatic N) is 3. The molecule has 1 aromatic heterocycles. The predicted molar refractivity (Wildman–Crippen MR) is 154 cm³/mol. The van der Waals surface area contributed by atoms with Gasteiger partial charge in [0, 0.05) is 24.8 Å². The van der Waals surface area contributed by atoms with Gasteiger partial charge in [0.15, 0.2) is 5.54 Å². The van der Waals surface area contributed by atoms with Crippen molar-refractivity contribution in [1.82, 2.24) is 9.55 Å². The molecule has 0 radical (unpaired) electrons. The summed E-state index contributed by atoms with van der Waals surface area (Å²) < 4.78 is 29.7. The number of carbonyl (C=O) groups excluding carboxylic acids is 1. The number of carbonyl (C=O) groups is 1. The Hall–Kier alpha value is -3.18. The molecule has 1 aliphatic heterocycles. The van der Waals surface area contributed by atoms with E-state index in [0.29, 0.717) is 18.5 Å². The van der Waals surface area contributed by atoms with E-state index in [2.05, 4.69) is 20.9 Å². The van der Waals surface area contributed by atoms with Gasteiger partial charge in [0.05, 0.1) is 35.5 Å². The van der Waals surface area contributed by atoms with Crippen molar-refractivity contribution >= 4 is 47.2 Å². The summed E-state index contributed by atoms with van der Waals surface area (Å²) in [5, 5.41) is 22.8. The molecule has 1 unspecified atom stereocenters. The van der Waals surface area contributed by atoms with E-state index in [4.69, 9.17) is 18.6 Å². The molecule has 0 amide bonds. The Morgan fingerprint density at radius 3 is 2.60 bits per heavy atom. The van der Waals surface area contributed by atoms with Crippen LogP contribution in [0, 0.1) is 10.1 Å². The number of rotatable bonds is 12. The van der Waals surface area contributed by atoms with Crippen LogP contribution in [0.4, 0.5) is 11.4 Å². The Labute approximate surface area is 252 Å². The maximum Gasteiger partial charge on any atom is 0.529 e. The van der Waals surface area contributed by atoms with E-state index < -0.39 is 60.5 Å². The van der Waals surface area contributed by atoms with Gasteiger partial charge in [0.25, 0.3) is 11.2 Å². The number of nitro groups is 1. The van der Waals surface area contributed by atoms with E-state index in [9.17, 15) is 39.1 Å². The highest BCUT2D eigenvalue weighted by molar-refractivity contribution is 9.11. The highest BCUT2D eigenvalue weighted by Gasteiger charge is 2.52. The zero-order valence-corrected chi connectivity index (χ0v) is 25.3. The fourth-order valence-electron chi connectivity index (χ4n) is 5.06. The number of phosphoric acid groups is 1. The molecule has 2 aliphatic rings. The number of non-ortho nitro benzene ring substituents is 1. The normalized spacial score (nSPS) is 22.8. The van der Waals surface area contributed by atoms with Crippen molar-refractivity contribution in [3.63, 3.8) is 0 Å². The molecule has 0 bridgehead atoms. The number of nitrogens with one attached hydrogen (secondary N) is 1. The van der Waals surface area contributed by atoms with Crippen molar-refractivity contribution < 1.29 is 42.9 Å². The number of nitro benzene ring substituents is 1. The minimum Gasteiger partial charge on any atom is -0.390 e. The Bertz CT molecular complexity index is 1520. The molecule has 2 aromatic rings. The molecule has 1 aliphatic carbocycles. The number of benzene rings is 1. The van der Waals surface area contributed by atoms with Crippen LogP contribution in [-0.4, -0.2) is 61.4 Å². The number of H-pyrrole nitrogens is 1. The van der Waals surface area contributed by atoms with E-state index in [-0.39, 0.29) is 37.1 Å². The van der Waals surface area contributed by atoms with Gasteiger partial charge in [-0.3, -0.25) is 38.7 Å². The average Bonchev–Trinajstić information content (AvgIpc) is 3.60. The summed E-state index contributed by atoms with van der Waals surface area (Å²) in [6.07, 6.45) is 0.659. The molecule has 1 aromatic carbocycles. The third-order valence-electron chi connectivity index (χ3n) is 7.11. The number of aliphatic hydroxyl groups excluding tert-OH is 1. The SMILES string of the molecule is CCON(c1ccc([N+](=O)[O-])cc1)C1(C(=O)OP(=O)(O)OC[C@H]2O[C@@H](n3cc(/C=C/Br)c(=O)[nH]c3=O)C[C@@H]2O)CCCC1. The number of aliphatic hydroxyl groups is 1. The van der Waals surface area contributed by atoms with Crippen molar-refractivity contribution in [2.45, 2.75) is 63.0 Å². The highest BCUT2D eigenvalue weighted by atomic mass is 79.9. The minimum atomic E-state index is -5.06. The van der Waals surface area contributed by atoms with Crippen LogP contribution in [0.25, 0.3) is 6.08 Å². The number of halogens is 1. The lowest BCUT2D eigenvalue weighted by atomic mass is 9.96. The molecule has 2 fully saturated rings. The quantitative estimate of drug-likeness (QED) is 0.166. The number of phosphoric ester groups is 1. The van der Waals surface area contributed by atoms with Crippen LogP contribution in [-0.2, 0) is 28.0 Å². The summed E-state index contributed by atoms with van der Waals surface area (Å²) in [6, 6.07) is 5.29. The first-order chi connectivity index (χ1) is 20.4. The standard InChI is InChI=1S/C25H30BrN4O12P/c1-2-39-29(17-5-7-18(8-6-17)30(35)36)25(10-3-4-11-25)23(33)42-43(37,38)40-15-20-19(31)13-21(41-20)28-14-16(9-12-26)22(32)27-24(28)34/h5-9,12,14,19-21,31H,2-4,10-11,13,15H2,1H3,(H,37,38)(H,27,32,34)/b12-9+/t19-,20+,21+/m0/s1. The first-order valence-electron chi connectivity index (χ1n) is 13.3. The lowest BCUT2D eigenvalue weighted by Crippen LogP contribution is -2.53. The number of hydroxylamine groups is 1. The van der Waals surface area contributed by atoms with Crippen molar-refractivity contribution in [2.24, 2.45) is 0 Å². The van der Waals surface area contributed by atoms with Crippen LogP contribution < -0.4 is 16.3 Å². The summed E-state index contributed by atoms with van der Waals surface area (Å²) in [6.45, 7) is 1.12. The van der Waals surface area contributed by atoms with Crippen molar-refractivity contribution in [3.05, 3.63) is 72.0 Å². The van der Waals surface area contributed by atoms with Crippen LogP contribution >= 0.6 is 23.8 Å². The minimum absolute atomic E-state index is 0.103. The van der Waals surface area contributed by atoms with Gasteiger partial charge >= 0.3 is 19.5 Å². The lowest BCUT2D eigenvalue weighted by Gasteiger charge is -2.39. The van der Waals surface area contributed by atoms with Gasteiger partial charge in [-0.25, -0.2) is 19.2 Å². The van der Waals surface area contributed by atoms with E-state index in [0.717, 1.165) is 4.57 Å². The molecular weight excluding hydrogens is 659 g/mol. The van der Waals surface area contributed by atoms with Gasteiger partial charge in [0.2, 0.25) is 0 Å². The molecular formula is C25H30BrN4O12P. The maximum absolute atomic E-state index is 13.5. The van der Waals surface area contributed by atoms with E-state index in [1.807, 2.05) is 0 Å². The van der Waals surface area contributed by atoms with Gasteiger partial charge < -0.3 is 14.4 Å². The smallest absolute Gasteiger partial charge is 0.390 e. The zero-order chi connectivity index (χ0) is 31.4. The molecule has 3 N–H and O–H groups in total. The molecule has 234 valence electrons. The number of aromatic amines is 1. The summed E-state index contributed by atoms with van der Waals surface area (Å²) in [4.78, 5) is 68.0. The third kappa shape index (κ3) is 7.32. The molecule has 1 saturated carbocycles. The second-order valence-electron chi connectivity index (χ2n) is 9.84. The van der Waals surface area contributed by atoms with E-state index in [1.54, 1.807) is 6.92 Å². The lowest BCUT2D eigenvalue weighted by molar-refractivity contribution is -0.384. The van der Waals surface area contributed by atoms with Crippen LogP contribution in [0.5, 0.6) is 0 Å². The first kappa shape index (κ1) is 32.7. The fourth-order valence-corrected chi connectivity index (χ4v) is 6.11. The Kier molecular flexibility index (Phi) is 10.4. The summed E-state index contributed by atoms with van der Waals surface area (Å²) in [7, 11) is -5.06.